The summed E-state index contributed by atoms with van der Waals surface area (Å²) >= 11 is 0. The average molecular weight is 209 g/mol. The monoisotopic (exact) mass is 209 g/mol. The molecule has 1 saturated heterocycles. The molecule has 1 aliphatic heterocycles. The predicted octanol–water partition coefficient (Wildman–Crippen LogP) is 0.0789. The molecule has 1 aliphatic rings. The van der Waals surface area contributed by atoms with Gasteiger partial charge in [0, 0.05) is 25.6 Å². The van der Waals surface area contributed by atoms with Crippen molar-refractivity contribution in [3.63, 3.8) is 0 Å². The lowest BCUT2D eigenvalue weighted by atomic mass is 10.1. The summed E-state index contributed by atoms with van der Waals surface area (Å²) in [5.41, 5.74) is 0. The van der Waals surface area contributed by atoms with Gasteiger partial charge in [-0.15, -0.1) is 0 Å². The van der Waals surface area contributed by atoms with Crippen molar-refractivity contribution in [2.45, 2.75) is 31.7 Å². The number of hydrogen-bond acceptors (Lipinski definition) is 4. The van der Waals surface area contributed by atoms with Gasteiger partial charge in [0.05, 0.1) is 0 Å². The molecule has 84 valence electrons. The third-order valence-electron chi connectivity index (χ3n) is 2.81. The highest BCUT2D eigenvalue weighted by atomic mass is 15.2. The number of H-pyrrole nitrogens is 1. The van der Waals surface area contributed by atoms with Crippen LogP contribution in [-0.4, -0.2) is 40.9 Å². The van der Waals surface area contributed by atoms with Crippen LogP contribution >= 0.6 is 0 Å². The highest BCUT2D eigenvalue weighted by Gasteiger charge is 2.11. The van der Waals surface area contributed by atoms with E-state index in [4.69, 9.17) is 0 Å². The Morgan fingerprint density at radius 1 is 1.47 bits per heavy atom. The lowest BCUT2D eigenvalue weighted by Gasteiger charge is -2.23. The maximum atomic E-state index is 4.08. The second kappa shape index (κ2) is 5.82. The number of nitrogens with one attached hydrogen (secondary N) is 3. The Kier molecular flexibility index (Phi) is 4.11. The van der Waals surface area contributed by atoms with Crippen molar-refractivity contribution >= 4 is 0 Å². The van der Waals surface area contributed by atoms with Gasteiger partial charge in [0.25, 0.3) is 0 Å². The topological polar surface area (TPSA) is 65.6 Å². The van der Waals surface area contributed by atoms with Crippen LogP contribution in [-0.2, 0) is 6.42 Å². The van der Waals surface area contributed by atoms with Crippen LogP contribution in [0.3, 0.4) is 0 Å². The van der Waals surface area contributed by atoms with E-state index in [1.807, 2.05) is 0 Å². The molecule has 1 unspecified atom stereocenters. The molecule has 0 spiro atoms. The van der Waals surface area contributed by atoms with E-state index in [1.54, 1.807) is 6.33 Å². The smallest absolute Gasteiger partial charge is 0.137 e. The fourth-order valence-corrected chi connectivity index (χ4v) is 1.93. The molecule has 15 heavy (non-hydrogen) atoms. The Morgan fingerprint density at radius 2 is 2.47 bits per heavy atom. The van der Waals surface area contributed by atoms with Gasteiger partial charge in [0.2, 0.25) is 0 Å². The van der Waals surface area contributed by atoms with Gasteiger partial charge in [-0.25, -0.2) is 4.98 Å². The number of nitrogens with zero attached hydrogens (tertiary/aromatic N) is 2. The normalized spacial score (nSPS) is 21.7. The van der Waals surface area contributed by atoms with Gasteiger partial charge in [-0.1, -0.05) is 6.42 Å². The molecule has 2 rings (SSSR count). The fraction of sp³-hybridized carbons (Fsp3) is 0.800. The van der Waals surface area contributed by atoms with E-state index in [2.05, 4.69) is 25.8 Å². The highest BCUT2D eigenvalue weighted by Crippen LogP contribution is 2.05. The van der Waals surface area contributed by atoms with Crippen molar-refractivity contribution < 1.29 is 0 Å². The molecule has 1 fully saturated rings. The number of rotatable bonds is 5. The summed E-state index contributed by atoms with van der Waals surface area (Å²) in [4.78, 5) is 4.08. The molecule has 0 bridgehead atoms. The van der Waals surface area contributed by atoms with Gasteiger partial charge < -0.3 is 10.6 Å². The molecule has 0 saturated carbocycles. The van der Waals surface area contributed by atoms with Crippen molar-refractivity contribution in [2.24, 2.45) is 0 Å². The first-order chi connectivity index (χ1) is 7.45. The highest BCUT2D eigenvalue weighted by molar-refractivity contribution is 4.81. The van der Waals surface area contributed by atoms with Gasteiger partial charge in [0.15, 0.2) is 0 Å². The minimum atomic E-state index is 0.661. The zero-order chi connectivity index (χ0) is 10.3. The van der Waals surface area contributed by atoms with Crippen LogP contribution in [0.5, 0.6) is 0 Å². The molecular formula is C10H19N5. The first kappa shape index (κ1) is 10.6. The first-order valence-electron chi connectivity index (χ1n) is 5.73. The Balaban J connectivity index is 1.54. The Labute approximate surface area is 90.1 Å². The Morgan fingerprint density at radius 3 is 3.20 bits per heavy atom. The predicted molar refractivity (Wildman–Crippen MR) is 58.6 cm³/mol. The maximum absolute atomic E-state index is 4.08. The molecule has 1 aromatic heterocycles. The molecular weight excluding hydrogens is 190 g/mol. The van der Waals surface area contributed by atoms with E-state index in [1.165, 1.54) is 25.8 Å². The van der Waals surface area contributed by atoms with Crippen molar-refractivity contribution in [3.8, 4) is 0 Å². The van der Waals surface area contributed by atoms with Crippen LogP contribution in [0.1, 0.15) is 25.1 Å². The molecule has 1 aromatic rings. The molecule has 0 radical (unpaired) electrons. The average Bonchev–Trinajstić information content (AvgIpc) is 2.79. The van der Waals surface area contributed by atoms with Crippen LogP contribution < -0.4 is 10.6 Å². The van der Waals surface area contributed by atoms with Gasteiger partial charge in [0.1, 0.15) is 12.2 Å². The standard InChI is InChI=1S/C10H19N5/c1-2-5-12-9(3-1)7-11-6-4-10-13-8-14-15-10/h8-9,11-12H,1-7H2,(H,13,14,15). The third-order valence-corrected chi connectivity index (χ3v) is 2.81. The second-order valence-corrected chi connectivity index (χ2v) is 4.03. The van der Waals surface area contributed by atoms with Crippen LogP contribution in [0.15, 0.2) is 6.33 Å². The van der Waals surface area contributed by atoms with Gasteiger partial charge in [-0.3, -0.25) is 5.10 Å². The third kappa shape index (κ3) is 3.60. The van der Waals surface area contributed by atoms with Crippen molar-refractivity contribution in [3.05, 3.63) is 12.2 Å². The summed E-state index contributed by atoms with van der Waals surface area (Å²) in [5.74, 6) is 0.958. The van der Waals surface area contributed by atoms with E-state index in [-0.39, 0.29) is 0 Å². The Hall–Kier alpha value is -0.940. The lowest BCUT2D eigenvalue weighted by Crippen LogP contribution is -2.42. The lowest BCUT2D eigenvalue weighted by molar-refractivity contribution is 0.384. The molecule has 5 heteroatoms. The summed E-state index contributed by atoms with van der Waals surface area (Å²) in [6.45, 7) is 3.20. The molecule has 2 heterocycles. The minimum absolute atomic E-state index is 0.661. The van der Waals surface area contributed by atoms with Gasteiger partial charge in [-0.05, 0) is 19.4 Å². The molecule has 0 amide bonds. The molecule has 0 aromatic carbocycles. The molecule has 3 N–H and O–H groups in total. The molecule has 0 aliphatic carbocycles. The van der Waals surface area contributed by atoms with E-state index in [0.29, 0.717) is 6.04 Å². The van der Waals surface area contributed by atoms with E-state index < -0.39 is 0 Å². The zero-order valence-corrected chi connectivity index (χ0v) is 9.00. The van der Waals surface area contributed by atoms with Crippen LogP contribution in [0.25, 0.3) is 0 Å². The first-order valence-corrected chi connectivity index (χ1v) is 5.73. The van der Waals surface area contributed by atoms with Crippen LogP contribution in [0, 0.1) is 0 Å². The van der Waals surface area contributed by atoms with E-state index in [9.17, 15) is 0 Å². The molecule has 5 nitrogen and oxygen atoms in total. The number of aromatic amines is 1. The maximum Gasteiger partial charge on any atom is 0.137 e. The summed E-state index contributed by atoms with van der Waals surface area (Å²) in [6, 6.07) is 0.661. The summed E-state index contributed by atoms with van der Waals surface area (Å²) in [7, 11) is 0. The van der Waals surface area contributed by atoms with Crippen LogP contribution in [0.4, 0.5) is 0 Å². The summed E-state index contributed by atoms with van der Waals surface area (Å²) < 4.78 is 0. The van der Waals surface area contributed by atoms with Gasteiger partial charge >= 0.3 is 0 Å². The van der Waals surface area contributed by atoms with E-state index >= 15 is 0 Å². The fourth-order valence-electron chi connectivity index (χ4n) is 1.93. The quantitative estimate of drug-likeness (QED) is 0.601. The summed E-state index contributed by atoms with van der Waals surface area (Å²) in [6.07, 6.45) is 6.47. The number of piperidine rings is 1. The second-order valence-electron chi connectivity index (χ2n) is 4.03. The number of hydrogen-bond donors (Lipinski definition) is 3. The van der Waals surface area contributed by atoms with Crippen LogP contribution in [0.2, 0.25) is 0 Å². The van der Waals surface area contributed by atoms with E-state index in [0.717, 1.165) is 25.3 Å². The van der Waals surface area contributed by atoms with Crippen molar-refractivity contribution in [1.29, 1.82) is 0 Å². The largest absolute Gasteiger partial charge is 0.315 e. The number of aromatic nitrogens is 3. The van der Waals surface area contributed by atoms with Crippen molar-refractivity contribution in [2.75, 3.05) is 19.6 Å². The Bertz CT molecular complexity index is 253. The van der Waals surface area contributed by atoms with Gasteiger partial charge in [-0.2, -0.15) is 5.10 Å². The zero-order valence-electron chi connectivity index (χ0n) is 9.00. The SMILES string of the molecule is c1n[nH]c(CCNCC2CCCCN2)n1. The minimum Gasteiger partial charge on any atom is -0.315 e. The summed E-state index contributed by atoms with van der Waals surface area (Å²) in [5, 5.41) is 13.6. The molecule has 1 atom stereocenters. The van der Waals surface area contributed by atoms with Crippen molar-refractivity contribution in [1.82, 2.24) is 25.8 Å².